The molecule has 1 heterocycles. The minimum Gasteiger partial charge on any atom is -0.326 e. The average Bonchev–Trinajstić information content (AvgIpc) is 2.42. The summed E-state index contributed by atoms with van der Waals surface area (Å²) in [5.74, 6) is 0. The molecule has 4 nitrogen and oxygen atoms in total. The molecular weight excluding hydrogens is 262 g/mol. The highest BCUT2D eigenvalue weighted by Crippen LogP contribution is 2.14. The summed E-state index contributed by atoms with van der Waals surface area (Å²) >= 11 is 5.81. The van der Waals surface area contributed by atoms with Crippen LogP contribution in [-0.4, -0.2) is 37.1 Å². The monoisotopic (exact) mass is 281 g/mol. The molecule has 1 fully saturated rings. The molecule has 1 unspecified atom stereocenters. The Morgan fingerprint density at radius 2 is 2.16 bits per heavy atom. The molecule has 5 heteroatoms. The van der Waals surface area contributed by atoms with Gasteiger partial charge in [0.1, 0.15) is 0 Å². The van der Waals surface area contributed by atoms with Gasteiger partial charge in [0.25, 0.3) is 0 Å². The van der Waals surface area contributed by atoms with E-state index in [1.165, 1.54) is 12.8 Å². The molecule has 0 radical (unpaired) electrons. The standard InChI is InChI=1S/C14H20ClN3O/c1-18(10-13-4-2-3-9-16-13)14(19)17-12-7-5-11(15)6-8-12/h5-8,13,16H,2-4,9-10H2,1H3,(H,17,19). The van der Waals surface area contributed by atoms with E-state index < -0.39 is 0 Å². The molecule has 1 atom stereocenters. The Balaban J connectivity index is 1.83. The van der Waals surface area contributed by atoms with Crippen molar-refractivity contribution in [2.24, 2.45) is 0 Å². The molecule has 1 aliphatic rings. The number of nitrogens with zero attached hydrogens (tertiary/aromatic N) is 1. The van der Waals surface area contributed by atoms with Crippen LogP contribution in [0.2, 0.25) is 5.02 Å². The summed E-state index contributed by atoms with van der Waals surface area (Å²) in [6, 6.07) is 7.45. The number of benzene rings is 1. The molecule has 19 heavy (non-hydrogen) atoms. The molecule has 2 N–H and O–H groups in total. The van der Waals surface area contributed by atoms with Crippen molar-refractivity contribution in [3.63, 3.8) is 0 Å². The Morgan fingerprint density at radius 3 is 2.79 bits per heavy atom. The van der Waals surface area contributed by atoms with Crippen molar-refractivity contribution in [3.8, 4) is 0 Å². The molecule has 2 amide bonds. The number of amides is 2. The molecule has 0 aromatic heterocycles. The number of nitrogens with one attached hydrogen (secondary N) is 2. The highest BCUT2D eigenvalue weighted by atomic mass is 35.5. The van der Waals surface area contributed by atoms with Gasteiger partial charge in [-0.2, -0.15) is 0 Å². The Morgan fingerprint density at radius 1 is 1.42 bits per heavy atom. The van der Waals surface area contributed by atoms with Gasteiger partial charge < -0.3 is 15.5 Å². The second kappa shape index (κ2) is 6.78. The zero-order valence-corrected chi connectivity index (χ0v) is 11.9. The lowest BCUT2D eigenvalue weighted by molar-refractivity contribution is 0.212. The largest absolute Gasteiger partial charge is 0.326 e. The summed E-state index contributed by atoms with van der Waals surface area (Å²) in [6.45, 7) is 1.79. The van der Waals surface area contributed by atoms with Crippen molar-refractivity contribution in [1.29, 1.82) is 0 Å². The van der Waals surface area contributed by atoms with Crippen molar-refractivity contribution >= 4 is 23.3 Å². The first kappa shape index (κ1) is 14.2. The minimum absolute atomic E-state index is 0.0882. The van der Waals surface area contributed by atoms with E-state index in [-0.39, 0.29) is 6.03 Å². The molecule has 1 aliphatic heterocycles. The van der Waals surface area contributed by atoms with Gasteiger partial charge >= 0.3 is 6.03 Å². The molecular formula is C14H20ClN3O. The first-order valence-corrected chi connectivity index (χ1v) is 7.04. The van der Waals surface area contributed by atoms with Gasteiger partial charge in [0.2, 0.25) is 0 Å². The lowest BCUT2D eigenvalue weighted by Crippen LogP contribution is -2.45. The Hall–Kier alpha value is -1.26. The highest BCUT2D eigenvalue weighted by molar-refractivity contribution is 6.30. The number of anilines is 1. The van der Waals surface area contributed by atoms with E-state index in [1.54, 1.807) is 29.2 Å². The number of carbonyl (C=O) groups is 1. The number of piperidine rings is 1. The van der Waals surface area contributed by atoms with Crippen molar-refractivity contribution in [3.05, 3.63) is 29.3 Å². The smallest absolute Gasteiger partial charge is 0.321 e. The van der Waals surface area contributed by atoms with Crippen molar-refractivity contribution in [1.82, 2.24) is 10.2 Å². The van der Waals surface area contributed by atoms with Crippen LogP contribution in [0.1, 0.15) is 19.3 Å². The van der Waals surface area contributed by atoms with E-state index in [9.17, 15) is 4.79 Å². The molecule has 0 bridgehead atoms. The minimum atomic E-state index is -0.0882. The fraction of sp³-hybridized carbons (Fsp3) is 0.500. The summed E-state index contributed by atoms with van der Waals surface area (Å²) < 4.78 is 0. The fourth-order valence-electron chi connectivity index (χ4n) is 2.25. The van der Waals surface area contributed by atoms with E-state index in [1.807, 2.05) is 7.05 Å². The van der Waals surface area contributed by atoms with Crippen LogP contribution in [0.15, 0.2) is 24.3 Å². The van der Waals surface area contributed by atoms with Crippen LogP contribution in [0.3, 0.4) is 0 Å². The number of hydrogen-bond acceptors (Lipinski definition) is 2. The number of halogens is 1. The van der Waals surface area contributed by atoms with Crippen LogP contribution in [-0.2, 0) is 0 Å². The maximum absolute atomic E-state index is 12.0. The maximum atomic E-state index is 12.0. The molecule has 104 valence electrons. The number of likely N-dealkylation sites (N-methyl/N-ethyl adjacent to an activating group) is 1. The lowest BCUT2D eigenvalue weighted by atomic mass is 10.0. The molecule has 1 aromatic carbocycles. The Bertz CT molecular complexity index is 415. The van der Waals surface area contributed by atoms with Crippen LogP contribution < -0.4 is 10.6 Å². The fourth-order valence-corrected chi connectivity index (χ4v) is 2.37. The van der Waals surface area contributed by atoms with Gasteiger partial charge in [0.15, 0.2) is 0 Å². The van der Waals surface area contributed by atoms with Crippen LogP contribution in [0, 0.1) is 0 Å². The number of hydrogen-bond donors (Lipinski definition) is 2. The summed E-state index contributed by atoms with van der Waals surface area (Å²) in [7, 11) is 1.82. The first-order chi connectivity index (χ1) is 9.15. The van der Waals surface area contributed by atoms with Gasteiger partial charge in [0, 0.05) is 30.3 Å². The summed E-state index contributed by atoms with van der Waals surface area (Å²) in [4.78, 5) is 13.7. The number of urea groups is 1. The van der Waals surface area contributed by atoms with Crippen molar-refractivity contribution < 1.29 is 4.79 Å². The summed E-state index contributed by atoms with van der Waals surface area (Å²) in [6.07, 6.45) is 3.61. The summed E-state index contributed by atoms with van der Waals surface area (Å²) in [5, 5.41) is 6.96. The van der Waals surface area contributed by atoms with E-state index in [4.69, 9.17) is 11.6 Å². The highest BCUT2D eigenvalue weighted by Gasteiger charge is 2.17. The van der Waals surface area contributed by atoms with Crippen LogP contribution in [0.5, 0.6) is 0 Å². The third kappa shape index (κ3) is 4.40. The molecule has 0 saturated carbocycles. The lowest BCUT2D eigenvalue weighted by Gasteiger charge is -2.28. The predicted octanol–water partition coefficient (Wildman–Crippen LogP) is 2.95. The van der Waals surface area contributed by atoms with Crippen LogP contribution in [0.25, 0.3) is 0 Å². The third-order valence-electron chi connectivity index (χ3n) is 3.35. The second-order valence-corrected chi connectivity index (χ2v) is 5.40. The quantitative estimate of drug-likeness (QED) is 0.895. The molecule has 2 rings (SSSR count). The number of carbonyl (C=O) groups excluding carboxylic acids is 1. The van der Waals surface area contributed by atoms with Crippen LogP contribution in [0.4, 0.5) is 10.5 Å². The molecule has 0 spiro atoms. The number of rotatable bonds is 3. The zero-order chi connectivity index (χ0) is 13.7. The zero-order valence-electron chi connectivity index (χ0n) is 11.2. The van der Waals surface area contributed by atoms with E-state index in [0.717, 1.165) is 25.2 Å². The van der Waals surface area contributed by atoms with Gasteiger partial charge in [-0.25, -0.2) is 4.79 Å². The average molecular weight is 282 g/mol. The van der Waals surface area contributed by atoms with Crippen LogP contribution >= 0.6 is 11.6 Å². The van der Waals surface area contributed by atoms with Gasteiger partial charge in [-0.05, 0) is 43.7 Å². The van der Waals surface area contributed by atoms with Gasteiger partial charge in [-0.15, -0.1) is 0 Å². The summed E-state index contributed by atoms with van der Waals surface area (Å²) in [5.41, 5.74) is 0.762. The molecule has 1 saturated heterocycles. The SMILES string of the molecule is CN(CC1CCCCN1)C(=O)Nc1ccc(Cl)cc1. The second-order valence-electron chi connectivity index (χ2n) is 4.96. The predicted molar refractivity (Wildman–Crippen MR) is 78.7 cm³/mol. The molecule has 0 aliphatic carbocycles. The topological polar surface area (TPSA) is 44.4 Å². The Kier molecular flexibility index (Phi) is 5.05. The van der Waals surface area contributed by atoms with Crippen molar-refractivity contribution in [2.75, 3.05) is 25.5 Å². The molecule has 1 aromatic rings. The van der Waals surface area contributed by atoms with Gasteiger partial charge in [-0.1, -0.05) is 18.0 Å². The van der Waals surface area contributed by atoms with E-state index >= 15 is 0 Å². The van der Waals surface area contributed by atoms with Gasteiger partial charge in [0.05, 0.1) is 0 Å². The maximum Gasteiger partial charge on any atom is 0.321 e. The van der Waals surface area contributed by atoms with Crippen molar-refractivity contribution in [2.45, 2.75) is 25.3 Å². The van der Waals surface area contributed by atoms with Gasteiger partial charge in [-0.3, -0.25) is 0 Å². The van der Waals surface area contributed by atoms with E-state index in [0.29, 0.717) is 11.1 Å². The van der Waals surface area contributed by atoms with E-state index in [2.05, 4.69) is 10.6 Å². The first-order valence-electron chi connectivity index (χ1n) is 6.66. The normalized spacial score (nSPS) is 18.9. The third-order valence-corrected chi connectivity index (χ3v) is 3.60. The Labute approximate surface area is 119 Å².